The summed E-state index contributed by atoms with van der Waals surface area (Å²) >= 11 is 0. The van der Waals surface area contributed by atoms with E-state index in [2.05, 4.69) is 9.97 Å². The van der Waals surface area contributed by atoms with E-state index < -0.39 is 18.3 Å². The summed E-state index contributed by atoms with van der Waals surface area (Å²) in [5.74, 6) is -0.135. The smallest absolute Gasteiger partial charge is 0.214 e. The molecule has 0 amide bonds. The van der Waals surface area contributed by atoms with E-state index in [4.69, 9.17) is 10.00 Å². The van der Waals surface area contributed by atoms with Crippen LogP contribution in [0.3, 0.4) is 0 Å². The summed E-state index contributed by atoms with van der Waals surface area (Å²) in [7, 11) is 0. The normalized spacial score (nSPS) is 11.0. The lowest BCUT2D eigenvalue weighted by atomic mass is 10.1. The van der Waals surface area contributed by atoms with Crippen LogP contribution >= 0.6 is 0 Å². The quantitative estimate of drug-likeness (QED) is 0.249. The van der Waals surface area contributed by atoms with Gasteiger partial charge < -0.3 is 9.30 Å². The molecule has 0 radical (unpaired) electrons. The number of hydrogen-bond donors (Lipinski definition) is 0. The monoisotopic (exact) mass is 498 g/mol. The number of imidazole rings is 1. The SMILES string of the molecule is N#Cc1ccc(COc2cccc(-c3ccc(Cc4nc5ccccc5n4CCF)cc3F)n2)c(F)c1. The first-order valence-corrected chi connectivity index (χ1v) is 11.6. The molecule has 0 N–H and O–H groups in total. The second-order valence-electron chi connectivity index (χ2n) is 8.42. The van der Waals surface area contributed by atoms with Crippen molar-refractivity contribution in [2.75, 3.05) is 6.67 Å². The molecule has 0 aliphatic heterocycles. The van der Waals surface area contributed by atoms with E-state index in [1.54, 1.807) is 30.3 Å². The maximum absolute atomic E-state index is 15.2. The van der Waals surface area contributed by atoms with Crippen molar-refractivity contribution in [2.24, 2.45) is 0 Å². The van der Waals surface area contributed by atoms with Crippen molar-refractivity contribution in [1.82, 2.24) is 14.5 Å². The van der Waals surface area contributed by atoms with Crippen LogP contribution in [0.1, 0.15) is 22.5 Å². The topological polar surface area (TPSA) is 63.7 Å². The van der Waals surface area contributed by atoms with E-state index >= 15 is 4.39 Å². The average Bonchev–Trinajstić information content (AvgIpc) is 3.25. The molecule has 2 heterocycles. The Morgan fingerprint density at radius 3 is 2.54 bits per heavy atom. The molecule has 5 aromatic rings. The van der Waals surface area contributed by atoms with Gasteiger partial charge in [0, 0.05) is 23.6 Å². The molecular weight excluding hydrogens is 477 g/mol. The summed E-state index contributed by atoms with van der Waals surface area (Å²) in [6.07, 6.45) is 0.346. The molecule has 184 valence electrons. The molecule has 0 aliphatic rings. The number of alkyl halides is 1. The molecule has 0 atom stereocenters. The minimum absolute atomic E-state index is 0.0880. The van der Waals surface area contributed by atoms with Gasteiger partial charge in [-0.05, 0) is 48.0 Å². The van der Waals surface area contributed by atoms with E-state index in [1.807, 2.05) is 34.9 Å². The molecule has 0 spiro atoms. The Morgan fingerprint density at radius 1 is 0.892 bits per heavy atom. The van der Waals surface area contributed by atoms with Gasteiger partial charge in [0.2, 0.25) is 5.88 Å². The molecule has 0 unspecified atom stereocenters. The number of para-hydroxylation sites is 2. The molecule has 8 heteroatoms. The van der Waals surface area contributed by atoms with Gasteiger partial charge in [0.1, 0.15) is 30.7 Å². The molecule has 0 bridgehead atoms. The Morgan fingerprint density at radius 2 is 1.76 bits per heavy atom. The number of pyridine rings is 1. The van der Waals surface area contributed by atoms with Gasteiger partial charge in [0.25, 0.3) is 0 Å². The molecule has 5 rings (SSSR count). The van der Waals surface area contributed by atoms with Crippen LogP contribution in [0, 0.1) is 23.0 Å². The van der Waals surface area contributed by atoms with E-state index in [1.165, 1.54) is 18.2 Å². The zero-order chi connectivity index (χ0) is 25.8. The molecule has 37 heavy (non-hydrogen) atoms. The predicted octanol–water partition coefficient (Wildman–Crippen LogP) is 6.39. The number of ether oxygens (including phenoxy) is 1. The van der Waals surface area contributed by atoms with Crippen LogP contribution in [0.5, 0.6) is 5.88 Å². The molecule has 3 aromatic carbocycles. The van der Waals surface area contributed by atoms with E-state index in [0.29, 0.717) is 23.5 Å². The third-order valence-corrected chi connectivity index (χ3v) is 5.99. The predicted molar refractivity (Wildman–Crippen MR) is 134 cm³/mol. The molecule has 0 saturated carbocycles. The number of nitriles is 1. The highest BCUT2D eigenvalue weighted by Gasteiger charge is 2.14. The standard InChI is InChI=1S/C29H21F3N4O/c30-12-13-36-27-6-2-1-4-26(27)34-28(36)16-19-9-11-22(24(32)14-19)25-5-3-7-29(35-25)37-18-21-10-8-20(17-33)15-23(21)31/h1-11,14-15H,12-13,16,18H2. The number of nitrogens with zero attached hydrogens (tertiary/aromatic N) is 4. The summed E-state index contributed by atoms with van der Waals surface area (Å²) in [6, 6.07) is 23.3. The Bertz CT molecular complexity index is 1620. The van der Waals surface area contributed by atoms with Crippen molar-refractivity contribution in [1.29, 1.82) is 5.26 Å². The van der Waals surface area contributed by atoms with Gasteiger partial charge in [0.15, 0.2) is 0 Å². The van der Waals surface area contributed by atoms with Crippen LogP contribution in [0.15, 0.2) is 78.9 Å². The molecular formula is C29H21F3N4O. The van der Waals surface area contributed by atoms with Crippen LogP contribution in [0.25, 0.3) is 22.3 Å². The van der Waals surface area contributed by atoms with Crippen molar-refractivity contribution in [3.8, 4) is 23.2 Å². The fraction of sp³-hybridized carbons (Fsp3) is 0.138. The lowest BCUT2D eigenvalue weighted by molar-refractivity contribution is 0.288. The number of rotatable bonds is 8. The Kier molecular flexibility index (Phi) is 6.86. The highest BCUT2D eigenvalue weighted by molar-refractivity contribution is 5.76. The van der Waals surface area contributed by atoms with Gasteiger partial charge in [0.05, 0.1) is 34.9 Å². The fourth-order valence-electron chi connectivity index (χ4n) is 4.18. The third kappa shape index (κ3) is 5.16. The van der Waals surface area contributed by atoms with Crippen molar-refractivity contribution >= 4 is 11.0 Å². The van der Waals surface area contributed by atoms with Crippen LogP contribution in [-0.4, -0.2) is 21.2 Å². The number of halogens is 3. The fourth-order valence-corrected chi connectivity index (χ4v) is 4.18. The number of hydrogen-bond acceptors (Lipinski definition) is 4. The van der Waals surface area contributed by atoms with E-state index in [0.717, 1.165) is 17.1 Å². The Balaban J connectivity index is 1.34. The minimum Gasteiger partial charge on any atom is -0.473 e. The van der Waals surface area contributed by atoms with Gasteiger partial charge in [-0.1, -0.05) is 30.3 Å². The largest absolute Gasteiger partial charge is 0.473 e. The van der Waals surface area contributed by atoms with Crippen LogP contribution in [0.4, 0.5) is 13.2 Å². The third-order valence-electron chi connectivity index (χ3n) is 5.99. The average molecular weight is 499 g/mol. The number of aryl methyl sites for hydroxylation is 1. The van der Waals surface area contributed by atoms with Crippen LogP contribution in [0.2, 0.25) is 0 Å². The van der Waals surface area contributed by atoms with Crippen molar-refractivity contribution in [3.63, 3.8) is 0 Å². The molecule has 0 saturated heterocycles. The highest BCUT2D eigenvalue weighted by atomic mass is 19.1. The second kappa shape index (κ2) is 10.5. The van der Waals surface area contributed by atoms with Crippen molar-refractivity contribution in [2.45, 2.75) is 19.6 Å². The number of fused-ring (bicyclic) bond motifs is 1. The van der Waals surface area contributed by atoms with Gasteiger partial charge in [-0.25, -0.2) is 23.1 Å². The summed E-state index contributed by atoms with van der Waals surface area (Å²) < 4.78 is 49.9. The highest BCUT2D eigenvalue weighted by Crippen LogP contribution is 2.26. The first-order chi connectivity index (χ1) is 18.1. The molecule has 5 nitrogen and oxygen atoms in total. The lowest BCUT2D eigenvalue weighted by Gasteiger charge is -2.10. The maximum atomic E-state index is 15.2. The Hall–Kier alpha value is -4.64. The van der Waals surface area contributed by atoms with E-state index in [9.17, 15) is 8.78 Å². The summed E-state index contributed by atoms with van der Waals surface area (Å²) in [6.45, 7) is -0.433. The van der Waals surface area contributed by atoms with Gasteiger partial charge >= 0.3 is 0 Å². The van der Waals surface area contributed by atoms with Crippen molar-refractivity contribution < 1.29 is 17.9 Å². The maximum Gasteiger partial charge on any atom is 0.214 e. The summed E-state index contributed by atoms with van der Waals surface area (Å²) in [4.78, 5) is 8.98. The summed E-state index contributed by atoms with van der Waals surface area (Å²) in [5.41, 5.74) is 3.46. The van der Waals surface area contributed by atoms with Gasteiger partial charge in [-0.3, -0.25) is 0 Å². The van der Waals surface area contributed by atoms with Crippen molar-refractivity contribution in [3.05, 3.63) is 113 Å². The first-order valence-electron chi connectivity index (χ1n) is 11.6. The van der Waals surface area contributed by atoms with Crippen LogP contribution < -0.4 is 4.74 Å². The number of aromatic nitrogens is 3. The zero-order valence-electron chi connectivity index (χ0n) is 19.7. The molecule has 2 aromatic heterocycles. The summed E-state index contributed by atoms with van der Waals surface area (Å²) in [5, 5.41) is 8.87. The first kappa shape index (κ1) is 24.1. The van der Waals surface area contributed by atoms with Gasteiger partial charge in [-0.15, -0.1) is 0 Å². The lowest BCUT2D eigenvalue weighted by Crippen LogP contribution is -2.06. The number of benzene rings is 3. The molecule has 0 fully saturated rings. The van der Waals surface area contributed by atoms with E-state index in [-0.39, 0.29) is 35.7 Å². The molecule has 0 aliphatic carbocycles. The Labute approximate surface area is 211 Å². The minimum atomic E-state index is -0.545. The zero-order valence-corrected chi connectivity index (χ0v) is 19.7. The van der Waals surface area contributed by atoms with Gasteiger partial charge in [-0.2, -0.15) is 5.26 Å². The van der Waals surface area contributed by atoms with Crippen LogP contribution in [-0.2, 0) is 19.6 Å². The second-order valence-corrected chi connectivity index (χ2v) is 8.42.